The molecule has 0 rings (SSSR count). The van der Waals surface area contributed by atoms with Gasteiger partial charge in [-0.15, -0.1) is 0 Å². The van der Waals surface area contributed by atoms with Gasteiger partial charge in [-0.05, 0) is 6.92 Å². The molecule has 9 heteroatoms. The summed E-state index contributed by atoms with van der Waals surface area (Å²) in [6.45, 7) is -0.474. The van der Waals surface area contributed by atoms with Crippen molar-refractivity contribution >= 4 is 11.8 Å². The minimum absolute atomic E-state index is 0.849. The van der Waals surface area contributed by atoms with Crippen molar-refractivity contribution in [2.45, 2.75) is 37.4 Å². The molecule has 0 aliphatic carbocycles. The van der Waals surface area contributed by atoms with E-state index in [-0.39, 0.29) is 0 Å². The smallest absolute Gasteiger partial charge is 0.326 e. The molecule has 0 aliphatic heterocycles. The van der Waals surface area contributed by atoms with Crippen molar-refractivity contribution in [3.63, 3.8) is 0 Å². The maximum Gasteiger partial charge on any atom is 0.326 e. The normalized spacial score (nSPS) is 19.1. The highest BCUT2D eigenvalue weighted by molar-refractivity contribution is 5.87. The van der Waals surface area contributed by atoms with Crippen molar-refractivity contribution in [2.24, 2.45) is 5.73 Å². The van der Waals surface area contributed by atoms with Gasteiger partial charge in [-0.25, -0.2) is 0 Å². The van der Waals surface area contributed by atoms with Gasteiger partial charge < -0.3 is 36.0 Å². The molecular weight excluding hydrogens is 262 g/mol. The zero-order chi connectivity index (χ0) is 15.2. The highest BCUT2D eigenvalue weighted by Crippen LogP contribution is 2.02. The van der Waals surface area contributed by atoms with Gasteiger partial charge >= 0.3 is 5.97 Å². The van der Waals surface area contributed by atoms with Crippen LogP contribution in [0.3, 0.4) is 0 Å². The molecule has 19 heavy (non-hydrogen) atoms. The summed E-state index contributed by atoms with van der Waals surface area (Å²) in [4.78, 5) is 22.5. The first-order valence-electron chi connectivity index (χ1n) is 5.50. The first-order chi connectivity index (χ1) is 8.72. The Labute approximate surface area is 109 Å². The zero-order valence-corrected chi connectivity index (χ0v) is 10.3. The fraction of sp³-hybridized carbons (Fsp3) is 0.800. The minimum atomic E-state index is -2.02. The van der Waals surface area contributed by atoms with Gasteiger partial charge in [0.15, 0.2) is 6.61 Å². The highest BCUT2D eigenvalue weighted by atomic mass is 16.5. The number of carbonyl (C=O) groups excluding carboxylic acids is 2. The van der Waals surface area contributed by atoms with Gasteiger partial charge in [-0.3, -0.25) is 9.59 Å². The molecular formula is C10H19NO8. The second-order valence-electron chi connectivity index (χ2n) is 4.03. The quantitative estimate of drug-likeness (QED) is 0.242. The fourth-order valence-corrected chi connectivity index (χ4v) is 1.03. The number of ether oxygens (including phenoxy) is 1. The number of aliphatic hydroxyl groups is 5. The predicted octanol–water partition coefficient (Wildman–Crippen LogP) is -4.12. The number of carbonyl (C=O) groups is 2. The summed E-state index contributed by atoms with van der Waals surface area (Å²) >= 11 is 0. The first kappa shape index (κ1) is 17.9. The lowest BCUT2D eigenvalue weighted by molar-refractivity contribution is -0.157. The van der Waals surface area contributed by atoms with E-state index < -0.39 is 55.4 Å². The molecule has 0 fully saturated rings. The largest absolute Gasteiger partial charge is 0.456 e. The second-order valence-corrected chi connectivity index (χ2v) is 4.03. The van der Waals surface area contributed by atoms with Crippen molar-refractivity contribution in [2.75, 3.05) is 13.2 Å². The first-order valence-corrected chi connectivity index (χ1v) is 5.50. The Morgan fingerprint density at radius 1 is 1.21 bits per heavy atom. The molecule has 0 bridgehead atoms. The third kappa shape index (κ3) is 5.59. The SMILES string of the molecule is C[C@@H](O)[C@H](N)C(=O)OCC(=O)[C@@H](O)[C@H](O)[C@H](O)CO. The molecule has 0 amide bonds. The fourth-order valence-electron chi connectivity index (χ4n) is 1.03. The lowest BCUT2D eigenvalue weighted by Crippen LogP contribution is -2.46. The topological polar surface area (TPSA) is 171 Å². The van der Waals surface area contributed by atoms with Crippen LogP contribution < -0.4 is 5.73 Å². The third-order valence-electron chi connectivity index (χ3n) is 2.38. The maximum absolute atomic E-state index is 11.3. The van der Waals surface area contributed by atoms with Gasteiger partial charge in [-0.1, -0.05) is 0 Å². The lowest BCUT2D eigenvalue weighted by Gasteiger charge is -2.20. The van der Waals surface area contributed by atoms with E-state index in [1.165, 1.54) is 6.92 Å². The molecule has 0 spiro atoms. The van der Waals surface area contributed by atoms with E-state index in [0.717, 1.165) is 0 Å². The van der Waals surface area contributed by atoms with Gasteiger partial charge in [0, 0.05) is 0 Å². The average Bonchev–Trinajstić information content (AvgIpc) is 2.40. The molecule has 0 saturated carbocycles. The molecule has 5 atom stereocenters. The average molecular weight is 281 g/mol. The van der Waals surface area contributed by atoms with Crippen LogP contribution in [0.15, 0.2) is 0 Å². The van der Waals surface area contributed by atoms with E-state index in [2.05, 4.69) is 4.74 Å². The van der Waals surface area contributed by atoms with E-state index in [1.807, 2.05) is 0 Å². The summed E-state index contributed by atoms with van der Waals surface area (Å²) in [6.07, 6.45) is -6.79. The van der Waals surface area contributed by atoms with E-state index in [1.54, 1.807) is 0 Å². The van der Waals surface area contributed by atoms with Gasteiger partial charge in [-0.2, -0.15) is 0 Å². The minimum Gasteiger partial charge on any atom is -0.456 e. The third-order valence-corrected chi connectivity index (χ3v) is 2.38. The van der Waals surface area contributed by atoms with Crippen molar-refractivity contribution in [1.29, 1.82) is 0 Å². The maximum atomic E-state index is 11.3. The summed E-state index contributed by atoms with van der Waals surface area (Å²) in [5.41, 5.74) is 5.23. The van der Waals surface area contributed by atoms with Crippen molar-refractivity contribution in [1.82, 2.24) is 0 Å². The van der Waals surface area contributed by atoms with Crippen LogP contribution in [0.1, 0.15) is 6.92 Å². The van der Waals surface area contributed by atoms with Crippen LogP contribution in [0.25, 0.3) is 0 Å². The van der Waals surface area contributed by atoms with Crippen LogP contribution in [-0.4, -0.2) is 81.0 Å². The second kappa shape index (κ2) is 8.15. The Balaban J connectivity index is 4.28. The lowest BCUT2D eigenvalue weighted by atomic mass is 10.1. The standard InChI is InChI=1S/C10H19NO8/c1-4(13)7(11)10(18)19-3-6(15)9(17)8(16)5(14)2-12/h4-5,7-9,12-14,16-17H,2-3,11H2,1H3/t4-,5-,7+,8-,9-/m1/s1. The summed E-state index contributed by atoms with van der Waals surface area (Å²) < 4.78 is 4.42. The van der Waals surface area contributed by atoms with Crippen LogP contribution in [0.2, 0.25) is 0 Å². The Morgan fingerprint density at radius 2 is 1.74 bits per heavy atom. The number of nitrogens with two attached hydrogens (primary N) is 1. The van der Waals surface area contributed by atoms with Gasteiger partial charge in [0.25, 0.3) is 0 Å². The van der Waals surface area contributed by atoms with Gasteiger partial charge in [0.05, 0.1) is 12.7 Å². The van der Waals surface area contributed by atoms with Crippen LogP contribution in [0.5, 0.6) is 0 Å². The van der Waals surface area contributed by atoms with Crippen LogP contribution in [0, 0.1) is 0 Å². The molecule has 0 heterocycles. The summed E-state index contributed by atoms with van der Waals surface area (Å²) in [5.74, 6) is -2.13. The van der Waals surface area contributed by atoms with Crippen molar-refractivity contribution < 1.29 is 39.9 Å². The molecule has 0 unspecified atom stereocenters. The molecule has 0 aliphatic rings. The van der Waals surface area contributed by atoms with Gasteiger partial charge in [0.2, 0.25) is 5.78 Å². The molecule has 112 valence electrons. The molecule has 0 radical (unpaired) electrons. The molecule has 0 saturated heterocycles. The Bertz CT molecular complexity index is 308. The Morgan fingerprint density at radius 3 is 2.16 bits per heavy atom. The van der Waals surface area contributed by atoms with Crippen LogP contribution >= 0.6 is 0 Å². The monoisotopic (exact) mass is 281 g/mol. The number of esters is 1. The number of hydrogen-bond acceptors (Lipinski definition) is 9. The highest BCUT2D eigenvalue weighted by Gasteiger charge is 2.31. The molecule has 7 N–H and O–H groups in total. The Kier molecular flexibility index (Phi) is 7.68. The molecule has 9 nitrogen and oxygen atoms in total. The Hall–Kier alpha value is -1.10. The van der Waals surface area contributed by atoms with Crippen molar-refractivity contribution in [3.8, 4) is 0 Å². The van der Waals surface area contributed by atoms with E-state index >= 15 is 0 Å². The number of ketones is 1. The summed E-state index contributed by atoms with van der Waals surface area (Å²) in [5, 5.41) is 45.1. The zero-order valence-electron chi connectivity index (χ0n) is 10.3. The summed E-state index contributed by atoms with van der Waals surface area (Å²) in [6, 6.07) is -1.34. The predicted molar refractivity (Wildman–Crippen MR) is 60.7 cm³/mol. The van der Waals surface area contributed by atoms with Gasteiger partial charge in [0.1, 0.15) is 24.4 Å². The van der Waals surface area contributed by atoms with E-state index in [4.69, 9.17) is 21.1 Å². The number of hydrogen-bond donors (Lipinski definition) is 6. The molecule has 0 aromatic carbocycles. The van der Waals surface area contributed by atoms with E-state index in [0.29, 0.717) is 0 Å². The number of rotatable bonds is 8. The van der Waals surface area contributed by atoms with E-state index in [9.17, 15) is 19.8 Å². The number of Topliss-reactive ketones (excluding diaryl/α,β-unsaturated/α-hetero) is 1. The van der Waals surface area contributed by atoms with Crippen LogP contribution in [0.4, 0.5) is 0 Å². The summed E-state index contributed by atoms with van der Waals surface area (Å²) in [7, 11) is 0. The molecule has 0 aromatic rings. The molecule has 0 aromatic heterocycles. The van der Waals surface area contributed by atoms with Crippen molar-refractivity contribution in [3.05, 3.63) is 0 Å². The van der Waals surface area contributed by atoms with Crippen LogP contribution in [-0.2, 0) is 14.3 Å². The number of aliphatic hydroxyl groups excluding tert-OH is 5.